The van der Waals surface area contributed by atoms with Crippen molar-refractivity contribution in [3.8, 4) is 0 Å². The second-order valence-corrected chi connectivity index (χ2v) is 8.73. The Bertz CT molecular complexity index is 1010. The van der Waals surface area contributed by atoms with Gasteiger partial charge in [0.15, 0.2) is 0 Å². The number of fused-ring (bicyclic) bond motifs is 2. The Morgan fingerprint density at radius 3 is 2.93 bits per heavy atom. The molecule has 0 saturated carbocycles. The van der Waals surface area contributed by atoms with Gasteiger partial charge in [0.1, 0.15) is 5.65 Å². The maximum atomic E-state index is 12.9. The van der Waals surface area contributed by atoms with Crippen LogP contribution in [0.25, 0.3) is 11.0 Å². The third-order valence-corrected chi connectivity index (χ3v) is 7.01. The van der Waals surface area contributed by atoms with Crippen molar-refractivity contribution in [2.24, 2.45) is 0 Å². The number of hydrogen-bond acceptors (Lipinski definition) is 4. The van der Waals surface area contributed by atoms with Crippen molar-refractivity contribution in [2.45, 2.75) is 19.1 Å². The standard InChI is InChI=1S/C21H24N5OP/c1-2-16-13-25-12-15(3-5-19(25)23-16)18-11-20(27)26-14-17(4-6-21(26)28-18)24-9-7-22-8-10-24/h3-6,11-14,21-22,28H,2,7-10H2,1H3. The number of aryl methyl sites for hydroxylation is 1. The van der Waals surface area contributed by atoms with Gasteiger partial charge in [0.25, 0.3) is 5.91 Å². The minimum atomic E-state index is 0.0655. The van der Waals surface area contributed by atoms with E-state index in [1.54, 1.807) is 6.08 Å². The van der Waals surface area contributed by atoms with E-state index >= 15 is 0 Å². The Morgan fingerprint density at radius 2 is 2.11 bits per heavy atom. The van der Waals surface area contributed by atoms with Crippen molar-refractivity contribution in [1.29, 1.82) is 0 Å². The van der Waals surface area contributed by atoms with Crippen molar-refractivity contribution >= 4 is 25.4 Å². The minimum absolute atomic E-state index is 0.0655. The molecule has 1 amide bonds. The van der Waals surface area contributed by atoms with Gasteiger partial charge in [-0.25, -0.2) is 4.98 Å². The van der Waals surface area contributed by atoms with Gasteiger partial charge in [0, 0.05) is 50.8 Å². The first kappa shape index (κ1) is 17.7. The molecule has 1 fully saturated rings. The van der Waals surface area contributed by atoms with E-state index in [1.807, 2.05) is 17.2 Å². The van der Waals surface area contributed by atoms with Gasteiger partial charge in [0.05, 0.1) is 17.2 Å². The number of allylic oxidation sites excluding steroid dienone is 1. The molecule has 3 aliphatic heterocycles. The Morgan fingerprint density at radius 1 is 1.25 bits per heavy atom. The molecule has 0 spiro atoms. The van der Waals surface area contributed by atoms with Gasteiger partial charge in [0.2, 0.25) is 0 Å². The van der Waals surface area contributed by atoms with Crippen LogP contribution < -0.4 is 5.32 Å². The molecular formula is C21H24N5OP. The summed E-state index contributed by atoms with van der Waals surface area (Å²) in [4.78, 5) is 21.7. The van der Waals surface area contributed by atoms with Gasteiger partial charge in [-0.05, 0) is 35.5 Å². The number of amides is 1. The largest absolute Gasteiger partial charge is 0.368 e. The molecule has 1 saturated heterocycles. The number of imidazole rings is 1. The van der Waals surface area contributed by atoms with E-state index < -0.39 is 0 Å². The van der Waals surface area contributed by atoms with Gasteiger partial charge in [-0.1, -0.05) is 21.6 Å². The van der Waals surface area contributed by atoms with Crippen LogP contribution in [0.3, 0.4) is 0 Å². The topological polar surface area (TPSA) is 52.9 Å². The number of nitrogens with zero attached hydrogens (tertiary/aromatic N) is 4. The zero-order valence-electron chi connectivity index (χ0n) is 15.9. The Labute approximate surface area is 166 Å². The van der Waals surface area contributed by atoms with Crippen LogP contribution in [0.1, 0.15) is 18.2 Å². The van der Waals surface area contributed by atoms with Crippen LogP contribution in [0, 0.1) is 0 Å². The summed E-state index contributed by atoms with van der Waals surface area (Å²) in [6.07, 6.45) is 13.3. The van der Waals surface area contributed by atoms with Crippen molar-refractivity contribution in [1.82, 2.24) is 24.5 Å². The van der Waals surface area contributed by atoms with Crippen molar-refractivity contribution in [2.75, 3.05) is 26.2 Å². The molecule has 0 radical (unpaired) electrons. The predicted molar refractivity (Wildman–Crippen MR) is 113 cm³/mol. The Balaban J connectivity index is 1.41. The summed E-state index contributed by atoms with van der Waals surface area (Å²) in [7, 11) is 0.533. The molecule has 0 aliphatic carbocycles. The van der Waals surface area contributed by atoms with Crippen molar-refractivity contribution in [3.05, 3.63) is 65.9 Å². The summed E-state index contributed by atoms with van der Waals surface area (Å²) in [5.41, 5.74) is 4.28. The number of nitrogens with one attached hydrogen (secondary N) is 1. The smallest absolute Gasteiger partial charge is 0.252 e. The normalized spacial score (nSPS) is 23.2. The van der Waals surface area contributed by atoms with E-state index in [0.29, 0.717) is 8.58 Å². The van der Waals surface area contributed by atoms with Crippen LogP contribution in [-0.2, 0) is 11.2 Å². The summed E-state index contributed by atoms with van der Waals surface area (Å²) < 4.78 is 2.06. The van der Waals surface area contributed by atoms with Crippen LogP contribution in [0.15, 0.2) is 54.7 Å². The molecule has 6 nitrogen and oxygen atoms in total. The molecule has 144 valence electrons. The highest BCUT2D eigenvalue weighted by Crippen LogP contribution is 2.44. The summed E-state index contributed by atoms with van der Waals surface area (Å²) >= 11 is 0. The average Bonchev–Trinajstić information content (AvgIpc) is 3.16. The number of aromatic nitrogens is 2. The van der Waals surface area contributed by atoms with Crippen LogP contribution in [-0.4, -0.2) is 57.1 Å². The lowest BCUT2D eigenvalue weighted by Crippen LogP contribution is -2.44. The molecule has 0 bridgehead atoms. The molecule has 28 heavy (non-hydrogen) atoms. The van der Waals surface area contributed by atoms with E-state index in [-0.39, 0.29) is 11.7 Å². The molecule has 2 atom stereocenters. The Hall–Kier alpha value is -2.43. The number of piperazine rings is 1. The molecule has 7 heteroatoms. The van der Waals surface area contributed by atoms with Gasteiger partial charge in [-0.3, -0.25) is 4.79 Å². The fraction of sp³-hybridized carbons (Fsp3) is 0.333. The lowest BCUT2D eigenvalue weighted by Gasteiger charge is -2.37. The summed E-state index contributed by atoms with van der Waals surface area (Å²) in [6.45, 7) is 6.06. The summed E-state index contributed by atoms with van der Waals surface area (Å²) in [5, 5.41) is 4.49. The molecule has 2 unspecified atom stereocenters. The van der Waals surface area contributed by atoms with Crippen molar-refractivity contribution in [3.63, 3.8) is 0 Å². The van der Waals surface area contributed by atoms with Gasteiger partial charge < -0.3 is 19.5 Å². The molecule has 2 aromatic rings. The van der Waals surface area contributed by atoms with E-state index in [9.17, 15) is 4.79 Å². The zero-order valence-corrected chi connectivity index (χ0v) is 16.9. The molecule has 1 N–H and O–H groups in total. The highest BCUT2D eigenvalue weighted by atomic mass is 31.1. The Kier molecular flexibility index (Phi) is 4.53. The van der Waals surface area contributed by atoms with Crippen LogP contribution in [0.4, 0.5) is 0 Å². The highest BCUT2D eigenvalue weighted by Gasteiger charge is 2.29. The maximum absolute atomic E-state index is 12.9. The minimum Gasteiger partial charge on any atom is -0.368 e. The predicted octanol–water partition coefficient (Wildman–Crippen LogP) is 2.40. The second kappa shape index (κ2) is 7.19. The molecule has 5 heterocycles. The van der Waals surface area contributed by atoms with Gasteiger partial charge in [-0.2, -0.15) is 0 Å². The number of pyridine rings is 1. The fourth-order valence-electron chi connectivity index (χ4n) is 3.92. The van der Waals surface area contributed by atoms with E-state index in [0.717, 1.165) is 60.5 Å². The van der Waals surface area contributed by atoms with Crippen LogP contribution in [0.2, 0.25) is 0 Å². The highest BCUT2D eigenvalue weighted by molar-refractivity contribution is 7.51. The molecule has 2 aromatic heterocycles. The quantitative estimate of drug-likeness (QED) is 0.814. The molecule has 5 rings (SSSR count). The van der Waals surface area contributed by atoms with E-state index in [1.165, 1.54) is 0 Å². The SMILES string of the molecule is CCc1cn2cc(C3=CC(=O)N4C=C(N5CCNCC5)C=CC4P3)ccc2n1. The number of hydrogen-bond donors (Lipinski definition) is 1. The zero-order chi connectivity index (χ0) is 19.1. The van der Waals surface area contributed by atoms with Crippen molar-refractivity contribution < 1.29 is 4.79 Å². The monoisotopic (exact) mass is 393 g/mol. The third-order valence-electron chi connectivity index (χ3n) is 5.50. The van der Waals surface area contributed by atoms with E-state index in [4.69, 9.17) is 0 Å². The van der Waals surface area contributed by atoms with Gasteiger partial charge >= 0.3 is 0 Å². The first-order valence-electron chi connectivity index (χ1n) is 9.85. The first-order valence-corrected chi connectivity index (χ1v) is 10.9. The van der Waals surface area contributed by atoms with E-state index in [2.05, 4.69) is 57.1 Å². The number of rotatable bonds is 3. The second-order valence-electron chi connectivity index (χ2n) is 7.31. The maximum Gasteiger partial charge on any atom is 0.252 e. The molecule has 3 aliphatic rings. The average molecular weight is 393 g/mol. The number of carbonyl (C=O) groups excluding carboxylic acids is 1. The van der Waals surface area contributed by atoms with Crippen LogP contribution in [0.5, 0.6) is 0 Å². The van der Waals surface area contributed by atoms with Gasteiger partial charge in [-0.15, -0.1) is 0 Å². The summed E-state index contributed by atoms with van der Waals surface area (Å²) in [6, 6.07) is 4.12. The molecule has 0 aromatic carbocycles. The fourth-order valence-corrected chi connectivity index (χ4v) is 5.29. The molecular weight excluding hydrogens is 369 g/mol. The third kappa shape index (κ3) is 3.17. The van der Waals surface area contributed by atoms with Crippen LogP contribution >= 0.6 is 8.58 Å². The summed E-state index contributed by atoms with van der Waals surface area (Å²) in [5.74, 6) is 0.180. The lowest BCUT2D eigenvalue weighted by atomic mass is 10.2. The lowest BCUT2D eigenvalue weighted by molar-refractivity contribution is -0.123. The number of carbonyl (C=O) groups is 1. The first-order chi connectivity index (χ1) is 13.7.